The summed E-state index contributed by atoms with van der Waals surface area (Å²) in [5.41, 5.74) is 4.85. The van der Waals surface area contributed by atoms with E-state index in [1.165, 1.54) is 0 Å². The number of rotatable bonds is 0. The fraction of sp³-hybridized carbons (Fsp3) is 1.00. The third kappa shape index (κ3) is 12.3. The maximum absolute atomic E-state index is 4.85. The zero-order valence-corrected chi connectivity index (χ0v) is 5.28. The molecule has 0 rings (SSSR count). The van der Waals surface area contributed by atoms with E-state index in [2.05, 4.69) is 0 Å². The van der Waals surface area contributed by atoms with Crippen molar-refractivity contribution < 1.29 is 0 Å². The van der Waals surface area contributed by atoms with Crippen LogP contribution in [-0.2, 0) is 0 Å². The van der Waals surface area contributed by atoms with Gasteiger partial charge in [-0.2, -0.15) is 0 Å². The van der Waals surface area contributed by atoms with Gasteiger partial charge in [0.25, 0.3) is 0 Å². The van der Waals surface area contributed by atoms with Gasteiger partial charge in [-0.1, -0.05) is 6.92 Å². The first-order valence-electron chi connectivity index (χ1n) is 1.12. The number of hydrogen-bond donors (Lipinski definition) is 1. The molecular weight excluding hydrogens is 61.0 g/mol. The van der Waals surface area contributed by atoms with Gasteiger partial charge in [-0.3, -0.25) is 0 Å². The van der Waals surface area contributed by atoms with E-state index in [0.29, 0.717) is 0 Å². The largest absolute Gasteiger partial charge is 0.331 e. The summed E-state index contributed by atoms with van der Waals surface area (Å²) in [5.74, 6) is 0. The van der Waals surface area contributed by atoms with Crippen LogP contribution in [0.25, 0.3) is 0 Å². The SMILES string of the molecule is CCN.[Na]. The second-order valence-electron chi connectivity index (χ2n) is 0.408. The van der Waals surface area contributed by atoms with Crippen molar-refractivity contribution in [1.29, 1.82) is 0 Å². The molecule has 0 aromatic carbocycles. The number of hydrogen-bond acceptors (Lipinski definition) is 1. The third-order valence-corrected chi connectivity index (χ3v) is 0. The minimum absolute atomic E-state index is 0. The molecule has 0 aliphatic carbocycles. The Balaban J connectivity index is 0. The molecule has 2 heteroatoms. The van der Waals surface area contributed by atoms with Gasteiger partial charge in [0.2, 0.25) is 0 Å². The predicted molar refractivity (Wildman–Crippen MR) is 20.5 cm³/mol. The fourth-order valence-corrected chi connectivity index (χ4v) is 0. The van der Waals surface area contributed by atoms with Crippen LogP contribution < -0.4 is 5.73 Å². The van der Waals surface area contributed by atoms with E-state index in [1.54, 1.807) is 0 Å². The van der Waals surface area contributed by atoms with Crippen molar-refractivity contribution in [1.82, 2.24) is 0 Å². The van der Waals surface area contributed by atoms with E-state index < -0.39 is 0 Å². The van der Waals surface area contributed by atoms with Crippen molar-refractivity contribution in [2.45, 2.75) is 6.92 Å². The molecule has 4 heavy (non-hydrogen) atoms. The van der Waals surface area contributed by atoms with E-state index in [4.69, 9.17) is 5.73 Å². The summed E-state index contributed by atoms with van der Waals surface area (Å²) in [7, 11) is 0. The van der Waals surface area contributed by atoms with E-state index >= 15 is 0 Å². The zero-order chi connectivity index (χ0) is 2.71. The molecule has 0 aromatic heterocycles. The second-order valence-corrected chi connectivity index (χ2v) is 0.408. The average Bonchev–Trinajstić information content (AvgIpc) is 0.918. The molecule has 0 spiro atoms. The standard InChI is InChI=1S/C2H7N.Na/c1-2-3;/h2-3H2,1H3;. The fourth-order valence-electron chi connectivity index (χ4n) is 0. The molecule has 0 heterocycles. The van der Waals surface area contributed by atoms with Gasteiger partial charge in [0.1, 0.15) is 0 Å². The molecule has 0 saturated heterocycles. The third-order valence-electron chi connectivity index (χ3n) is 0. The molecule has 0 saturated carbocycles. The van der Waals surface area contributed by atoms with Gasteiger partial charge in [0.15, 0.2) is 0 Å². The van der Waals surface area contributed by atoms with Crippen LogP contribution in [0.1, 0.15) is 6.92 Å². The summed E-state index contributed by atoms with van der Waals surface area (Å²) >= 11 is 0. The molecule has 2 N–H and O–H groups in total. The molecule has 0 fully saturated rings. The first kappa shape index (κ1) is 8.88. The van der Waals surface area contributed by atoms with E-state index in [1.807, 2.05) is 6.92 Å². The molecule has 0 amide bonds. The summed E-state index contributed by atoms with van der Waals surface area (Å²) in [6.07, 6.45) is 0. The average molecular weight is 68.1 g/mol. The van der Waals surface area contributed by atoms with Crippen LogP contribution in [0, 0.1) is 0 Å². The maximum Gasteiger partial charge on any atom is 0 e. The Labute approximate surface area is 48.9 Å². The normalized spacial score (nSPS) is 4.50. The monoisotopic (exact) mass is 68.0 g/mol. The quantitative estimate of drug-likeness (QED) is 0.383. The summed E-state index contributed by atoms with van der Waals surface area (Å²) < 4.78 is 0. The van der Waals surface area contributed by atoms with E-state index in [0.717, 1.165) is 6.54 Å². The van der Waals surface area contributed by atoms with Crippen molar-refractivity contribution in [3.63, 3.8) is 0 Å². The molecule has 0 bridgehead atoms. The van der Waals surface area contributed by atoms with Crippen molar-refractivity contribution in [2.24, 2.45) is 5.73 Å². The second kappa shape index (κ2) is 9.03. The van der Waals surface area contributed by atoms with Crippen molar-refractivity contribution in [2.75, 3.05) is 6.54 Å². The summed E-state index contributed by atoms with van der Waals surface area (Å²) in [6.45, 7) is 2.65. The van der Waals surface area contributed by atoms with Gasteiger partial charge < -0.3 is 5.73 Å². The predicted octanol–water partition coefficient (Wildman–Crippen LogP) is -0.416. The molecule has 0 unspecified atom stereocenters. The smallest absolute Gasteiger partial charge is 0 e. The van der Waals surface area contributed by atoms with E-state index in [9.17, 15) is 0 Å². The Kier molecular flexibility index (Phi) is 20.0. The van der Waals surface area contributed by atoms with Gasteiger partial charge in [-0.05, 0) is 6.54 Å². The molecule has 1 radical (unpaired) electrons. The van der Waals surface area contributed by atoms with E-state index in [-0.39, 0.29) is 29.6 Å². The van der Waals surface area contributed by atoms with Crippen molar-refractivity contribution in [3.05, 3.63) is 0 Å². The Morgan fingerprint density at radius 1 is 1.75 bits per heavy atom. The van der Waals surface area contributed by atoms with Crippen molar-refractivity contribution in [3.8, 4) is 0 Å². The summed E-state index contributed by atoms with van der Waals surface area (Å²) in [4.78, 5) is 0. The summed E-state index contributed by atoms with van der Waals surface area (Å²) in [6, 6.07) is 0. The first-order valence-corrected chi connectivity index (χ1v) is 1.12. The molecule has 1 nitrogen and oxygen atoms in total. The summed E-state index contributed by atoms with van der Waals surface area (Å²) in [5, 5.41) is 0. The Bertz CT molecular complexity index is 6.00. The Morgan fingerprint density at radius 2 is 1.75 bits per heavy atom. The minimum Gasteiger partial charge on any atom is -0.331 e. The van der Waals surface area contributed by atoms with Crippen molar-refractivity contribution >= 4 is 29.6 Å². The van der Waals surface area contributed by atoms with Crippen LogP contribution in [0.4, 0.5) is 0 Å². The van der Waals surface area contributed by atoms with Crippen LogP contribution in [0.5, 0.6) is 0 Å². The minimum atomic E-state index is 0. The Hall–Kier alpha value is 0.960. The zero-order valence-electron chi connectivity index (χ0n) is 3.28. The Morgan fingerprint density at radius 3 is 1.75 bits per heavy atom. The van der Waals surface area contributed by atoms with Crippen LogP contribution in [-0.4, -0.2) is 36.1 Å². The maximum atomic E-state index is 4.85. The van der Waals surface area contributed by atoms with Crippen LogP contribution in [0.15, 0.2) is 0 Å². The molecule has 0 aromatic rings. The van der Waals surface area contributed by atoms with Gasteiger partial charge in [-0.15, -0.1) is 0 Å². The number of nitrogens with two attached hydrogens (primary N) is 1. The van der Waals surface area contributed by atoms with Crippen LogP contribution in [0.2, 0.25) is 0 Å². The first-order chi connectivity index (χ1) is 1.41. The molecule has 21 valence electrons. The molecule has 0 aliphatic rings. The van der Waals surface area contributed by atoms with Gasteiger partial charge in [0.05, 0.1) is 0 Å². The van der Waals surface area contributed by atoms with Crippen LogP contribution in [0.3, 0.4) is 0 Å². The van der Waals surface area contributed by atoms with Crippen LogP contribution >= 0.6 is 0 Å². The molecule has 0 aliphatic heterocycles. The topological polar surface area (TPSA) is 26.0 Å². The van der Waals surface area contributed by atoms with Gasteiger partial charge >= 0.3 is 0 Å². The molecule has 0 atom stereocenters. The molecular formula is C2H7NNa. The van der Waals surface area contributed by atoms with Gasteiger partial charge in [0, 0.05) is 29.6 Å². The van der Waals surface area contributed by atoms with Gasteiger partial charge in [-0.25, -0.2) is 0 Å².